The zero-order valence-corrected chi connectivity index (χ0v) is 6.56. The Hall–Kier alpha value is -0.370. The lowest BCUT2D eigenvalue weighted by atomic mass is 9.77. The predicted octanol–water partition coefficient (Wildman–Crippen LogP) is 0.949. The standard InChI is InChI=1S/C7H15NO/c1-6(2,5-9)7(3,4)8/h5H,8H2,1-4H3. The molecule has 0 aromatic carbocycles. The zero-order valence-electron chi connectivity index (χ0n) is 6.56. The van der Waals surface area contributed by atoms with Gasteiger partial charge in [0.15, 0.2) is 0 Å². The first-order valence-corrected chi connectivity index (χ1v) is 3.06. The molecule has 2 heteroatoms. The molecule has 0 aromatic rings. The first-order valence-electron chi connectivity index (χ1n) is 3.06. The fourth-order valence-electron chi connectivity index (χ4n) is 0.152. The van der Waals surface area contributed by atoms with Crippen molar-refractivity contribution in [2.45, 2.75) is 33.2 Å². The molecule has 0 spiro atoms. The smallest absolute Gasteiger partial charge is 0.127 e. The Kier molecular flexibility index (Phi) is 2.02. The average molecular weight is 129 g/mol. The lowest BCUT2D eigenvalue weighted by Crippen LogP contribution is -2.48. The number of hydrogen-bond donors (Lipinski definition) is 1. The van der Waals surface area contributed by atoms with Crippen molar-refractivity contribution < 1.29 is 4.79 Å². The fourth-order valence-corrected chi connectivity index (χ4v) is 0.152. The van der Waals surface area contributed by atoms with E-state index in [9.17, 15) is 4.79 Å². The van der Waals surface area contributed by atoms with E-state index in [1.807, 2.05) is 27.7 Å². The van der Waals surface area contributed by atoms with Crippen LogP contribution in [0.4, 0.5) is 0 Å². The Morgan fingerprint density at radius 1 is 1.22 bits per heavy atom. The number of hydrogen-bond acceptors (Lipinski definition) is 2. The lowest BCUT2D eigenvalue weighted by Gasteiger charge is -2.32. The summed E-state index contributed by atoms with van der Waals surface area (Å²) in [6, 6.07) is 0. The van der Waals surface area contributed by atoms with E-state index in [1.165, 1.54) is 0 Å². The molecule has 0 radical (unpaired) electrons. The van der Waals surface area contributed by atoms with Crippen LogP contribution in [0.1, 0.15) is 27.7 Å². The van der Waals surface area contributed by atoms with E-state index >= 15 is 0 Å². The van der Waals surface area contributed by atoms with E-state index in [-0.39, 0.29) is 0 Å². The van der Waals surface area contributed by atoms with Gasteiger partial charge in [-0.05, 0) is 13.8 Å². The number of carbonyl (C=O) groups excluding carboxylic acids is 1. The molecule has 0 fully saturated rings. The monoisotopic (exact) mass is 129 g/mol. The Balaban J connectivity index is 4.32. The summed E-state index contributed by atoms with van der Waals surface area (Å²) in [6.45, 7) is 7.36. The van der Waals surface area contributed by atoms with Crippen LogP contribution in [0.15, 0.2) is 0 Å². The van der Waals surface area contributed by atoms with Gasteiger partial charge >= 0.3 is 0 Å². The van der Waals surface area contributed by atoms with Crippen molar-refractivity contribution in [2.75, 3.05) is 0 Å². The SMILES string of the molecule is CC(C)(N)C(C)(C)C=O. The molecule has 0 aliphatic carbocycles. The van der Waals surface area contributed by atoms with Crippen molar-refractivity contribution in [3.8, 4) is 0 Å². The maximum atomic E-state index is 10.4. The van der Waals surface area contributed by atoms with Crippen molar-refractivity contribution >= 4 is 6.29 Å². The van der Waals surface area contributed by atoms with E-state index in [4.69, 9.17) is 5.73 Å². The Morgan fingerprint density at radius 3 is 1.56 bits per heavy atom. The molecule has 0 amide bonds. The highest BCUT2D eigenvalue weighted by Gasteiger charge is 2.32. The third-order valence-electron chi connectivity index (χ3n) is 1.96. The molecule has 0 saturated heterocycles. The molecule has 0 heterocycles. The van der Waals surface area contributed by atoms with Crippen molar-refractivity contribution in [1.29, 1.82) is 0 Å². The van der Waals surface area contributed by atoms with Gasteiger partial charge in [0.1, 0.15) is 6.29 Å². The normalized spacial score (nSPS) is 13.4. The van der Waals surface area contributed by atoms with Gasteiger partial charge in [-0.3, -0.25) is 0 Å². The third kappa shape index (κ3) is 1.79. The molecule has 0 unspecified atom stereocenters. The van der Waals surface area contributed by atoms with E-state index in [2.05, 4.69) is 0 Å². The number of aldehydes is 1. The van der Waals surface area contributed by atoms with E-state index in [0.29, 0.717) is 0 Å². The lowest BCUT2D eigenvalue weighted by molar-refractivity contribution is -0.117. The Bertz CT molecular complexity index is 111. The maximum absolute atomic E-state index is 10.4. The van der Waals surface area contributed by atoms with Gasteiger partial charge in [-0.25, -0.2) is 0 Å². The Morgan fingerprint density at radius 2 is 1.56 bits per heavy atom. The van der Waals surface area contributed by atoms with Gasteiger partial charge in [-0.2, -0.15) is 0 Å². The van der Waals surface area contributed by atoms with Crippen molar-refractivity contribution in [1.82, 2.24) is 0 Å². The molecule has 0 atom stereocenters. The highest BCUT2D eigenvalue weighted by molar-refractivity contribution is 5.60. The van der Waals surface area contributed by atoms with Gasteiger partial charge in [-0.1, -0.05) is 13.8 Å². The van der Waals surface area contributed by atoms with E-state index in [0.717, 1.165) is 6.29 Å². The summed E-state index contributed by atoms with van der Waals surface area (Å²) in [5.41, 5.74) is 4.85. The predicted molar refractivity (Wildman–Crippen MR) is 38.1 cm³/mol. The summed E-state index contributed by atoms with van der Waals surface area (Å²) < 4.78 is 0. The minimum absolute atomic E-state index is 0.422. The molecule has 0 saturated carbocycles. The van der Waals surface area contributed by atoms with Gasteiger partial charge in [0.2, 0.25) is 0 Å². The molecular weight excluding hydrogens is 114 g/mol. The molecule has 0 rings (SSSR count). The van der Waals surface area contributed by atoms with Crippen molar-refractivity contribution in [3.63, 3.8) is 0 Å². The Labute approximate surface area is 56.4 Å². The third-order valence-corrected chi connectivity index (χ3v) is 1.96. The molecular formula is C7H15NO. The van der Waals surface area contributed by atoms with E-state index < -0.39 is 11.0 Å². The quantitative estimate of drug-likeness (QED) is 0.564. The highest BCUT2D eigenvalue weighted by atomic mass is 16.1. The molecule has 0 aliphatic rings. The van der Waals surface area contributed by atoms with Crippen LogP contribution in [-0.2, 0) is 4.79 Å². The summed E-state index contributed by atoms with van der Waals surface area (Å²) in [6.07, 6.45) is 0.896. The van der Waals surface area contributed by atoms with Crippen LogP contribution in [0.5, 0.6) is 0 Å². The minimum Gasteiger partial charge on any atom is -0.325 e. The first-order chi connectivity index (χ1) is 3.81. The first kappa shape index (κ1) is 8.63. The molecule has 54 valence electrons. The largest absolute Gasteiger partial charge is 0.325 e. The van der Waals surface area contributed by atoms with Crippen molar-refractivity contribution in [2.24, 2.45) is 11.1 Å². The molecule has 0 aromatic heterocycles. The second-order valence-electron chi connectivity index (χ2n) is 3.56. The summed E-state index contributed by atoms with van der Waals surface area (Å²) in [5.74, 6) is 0. The van der Waals surface area contributed by atoms with Gasteiger partial charge < -0.3 is 10.5 Å². The van der Waals surface area contributed by atoms with Crippen LogP contribution in [-0.4, -0.2) is 11.8 Å². The summed E-state index contributed by atoms with van der Waals surface area (Å²) in [7, 11) is 0. The summed E-state index contributed by atoms with van der Waals surface area (Å²) in [5, 5.41) is 0. The van der Waals surface area contributed by atoms with Gasteiger partial charge in [0.05, 0.1) is 0 Å². The molecule has 0 bridgehead atoms. The van der Waals surface area contributed by atoms with Crippen LogP contribution in [0, 0.1) is 5.41 Å². The molecule has 2 nitrogen and oxygen atoms in total. The second kappa shape index (κ2) is 2.10. The summed E-state index contributed by atoms with van der Waals surface area (Å²) in [4.78, 5) is 10.4. The molecule has 0 aliphatic heterocycles. The van der Waals surface area contributed by atoms with Gasteiger partial charge in [0.25, 0.3) is 0 Å². The van der Waals surface area contributed by atoms with Crippen LogP contribution >= 0.6 is 0 Å². The fraction of sp³-hybridized carbons (Fsp3) is 0.857. The minimum atomic E-state index is -0.424. The van der Waals surface area contributed by atoms with Crippen LogP contribution in [0.3, 0.4) is 0 Å². The van der Waals surface area contributed by atoms with Crippen LogP contribution < -0.4 is 5.73 Å². The molecule has 2 N–H and O–H groups in total. The van der Waals surface area contributed by atoms with E-state index in [1.54, 1.807) is 0 Å². The average Bonchev–Trinajstić information content (AvgIpc) is 1.64. The number of carbonyl (C=O) groups is 1. The van der Waals surface area contributed by atoms with Crippen molar-refractivity contribution in [3.05, 3.63) is 0 Å². The second-order valence-corrected chi connectivity index (χ2v) is 3.56. The highest BCUT2D eigenvalue weighted by Crippen LogP contribution is 2.24. The number of rotatable bonds is 2. The molecule has 9 heavy (non-hydrogen) atoms. The maximum Gasteiger partial charge on any atom is 0.127 e. The van der Waals surface area contributed by atoms with Gasteiger partial charge in [-0.15, -0.1) is 0 Å². The summed E-state index contributed by atoms with van der Waals surface area (Å²) >= 11 is 0. The van der Waals surface area contributed by atoms with Crippen LogP contribution in [0.25, 0.3) is 0 Å². The number of nitrogens with two attached hydrogens (primary N) is 1. The zero-order chi connectivity index (χ0) is 7.71. The van der Waals surface area contributed by atoms with Gasteiger partial charge in [0, 0.05) is 11.0 Å². The topological polar surface area (TPSA) is 43.1 Å². The van der Waals surface area contributed by atoms with Crippen LogP contribution in [0.2, 0.25) is 0 Å².